The molecule has 0 aliphatic rings. The minimum atomic E-state index is -4.51. The fourth-order valence-electron chi connectivity index (χ4n) is 1.82. The largest absolute Gasteiger partial charge is 0.417 e. The topological polar surface area (TPSA) is 88.2 Å². The second-order valence-corrected chi connectivity index (χ2v) is 9.11. The maximum Gasteiger partial charge on any atom is 0.417 e. The molecule has 6 nitrogen and oxygen atoms in total. The van der Waals surface area contributed by atoms with Crippen LogP contribution in [0.1, 0.15) is 36.7 Å². The Morgan fingerprint density at radius 3 is 2.04 bits per heavy atom. The monoisotopic (exact) mass is 401 g/mol. The van der Waals surface area contributed by atoms with Crippen LogP contribution < -0.4 is 10.0 Å². The molecule has 1 amide bonds. The minimum Gasteiger partial charge on any atom is -0.307 e. The number of hydrogen-bond acceptors (Lipinski definition) is 4. The van der Waals surface area contributed by atoms with Crippen molar-refractivity contribution in [2.75, 3.05) is 10.0 Å². The van der Waals surface area contributed by atoms with Gasteiger partial charge in [-0.05, 0) is 57.2 Å². The van der Waals surface area contributed by atoms with Crippen molar-refractivity contribution >= 4 is 27.4 Å². The Labute approximate surface area is 154 Å². The molecule has 2 aromatic rings. The summed E-state index contributed by atoms with van der Waals surface area (Å²) in [7, 11) is -3.60. The molecule has 0 atom stereocenters. The van der Waals surface area contributed by atoms with Crippen molar-refractivity contribution < 1.29 is 26.4 Å². The summed E-state index contributed by atoms with van der Waals surface area (Å²) in [5.41, 5.74) is -0.444. The smallest absolute Gasteiger partial charge is 0.307 e. The van der Waals surface area contributed by atoms with E-state index < -0.39 is 32.4 Å². The molecule has 1 aromatic carbocycles. The van der Waals surface area contributed by atoms with Crippen LogP contribution in [0.5, 0.6) is 0 Å². The molecule has 0 unspecified atom stereocenters. The third-order valence-electron chi connectivity index (χ3n) is 3.54. The number of halogens is 3. The van der Waals surface area contributed by atoms with E-state index in [9.17, 15) is 26.4 Å². The third kappa shape index (κ3) is 5.19. The molecule has 0 radical (unpaired) electrons. The van der Waals surface area contributed by atoms with Crippen molar-refractivity contribution in [1.82, 2.24) is 4.98 Å². The lowest BCUT2D eigenvalue weighted by molar-refractivity contribution is -0.137. The van der Waals surface area contributed by atoms with E-state index in [0.29, 0.717) is 6.20 Å². The number of anilines is 2. The summed E-state index contributed by atoms with van der Waals surface area (Å²) in [4.78, 5) is 15.7. The highest BCUT2D eigenvalue weighted by atomic mass is 32.2. The van der Waals surface area contributed by atoms with Gasteiger partial charge in [0.2, 0.25) is 10.0 Å². The first-order valence-electron chi connectivity index (χ1n) is 7.77. The summed E-state index contributed by atoms with van der Waals surface area (Å²) in [6, 6.07) is 7.47. The molecule has 146 valence electrons. The van der Waals surface area contributed by atoms with E-state index in [2.05, 4.69) is 15.0 Å². The van der Waals surface area contributed by atoms with E-state index in [1.807, 2.05) is 0 Å². The summed E-state index contributed by atoms with van der Waals surface area (Å²) in [5, 5.41) is 2.37. The van der Waals surface area contributed by atoms with Gasteiger partial charge in [-0.1, -0.05) is 0 Å². The quantitative estimate of drug-likeness (QED) is 0.814. The van der Waals surface area contributed by atoms with Gasteiger partial charge in [0, 0.05) is 17.4 Å². The Hall–Kier alpha value is -2.62. The summed E-state index contributed by atoms with van der Waals surface area (Å²) in [6.07, 6.45) is -3.88. The number of amides is 1. The van der Waals surface area contributed by atoms with Crippen molar-refractivity contribution in [2.24, 2.45) is 0 Å². The molecule has 0 saturated carbocycles. The van der Waals surface area contributed by atoms with Crippen molar-refractivity contribution in [3.63, 3.8) is 0 Å². The fraction of sp³-hybridized carbons (Fsp3) is 0.294. The van der Waals surface area contributed by atoms with Gasteiger partial charge in [-0.25, -0.2) is 13.4 Å². The Balaban J connectivity index is 2.08. The highest BCUT2D eigenvalue weighted by Crippen LogP contribution is 2.29. The summed E-state index contributed by atoms with van der Waals surface area (Å²) in [5.74, 6) is -0.627. The molecule has 2 rings (SSSR count). The third-order valence-corrected chi connectivity index (χ3v) is 5.65. The van der Waals surface area contributed by atoms with Gasteiger partial charge < -0.3 is 5.32 Å². The molecule has 0 aliphatic carbocycles. The first kappa shape index (κ1) is 20.7. The molecule has 27 heavy (non-hydrogen) atoms. The average molecular weight is 401 g/mol. The second kappa shape index (κ2) is 7.18. The molecular weight excluding hydrogens is 383 g/mol. The summed E-state index contributed by atoms with van der Waals surface area (Å²) >= 11 is 0. The van der Waals surface area contributed by atoms with Crippen LogP contribution in [0, 0.1) is 0 Å². The van der Waals surface area contributed by atoms with Crippen molar-refractivity contribution in [3.05, 3.63) is 53.7 Å². The Morgan fingerprint density at radius 1 is 1.00 bits per heavy atom. The molecule has 10 heteroatoms. The van der Waals surface area contributed by atoms with Crippen LogP contribution in [-0.4, -0.2) is 24.1 Å². The number of nitrogens with one attached hydrogen (secondary N) is 2. The van der Waals surface area contributed by atoms with Gasteiger partial charge in [-0.15, -0.1) is 0 Å². The fourth-order valence-corrected chi connectivity index (χ4v) is 2.57. The van der Waals surface area contributed by atoms with Crippen LogP contribution >= 0.6 is 0 Å². The van der Waals surface area contributed by atoms with E-state index in [-0.39, 0.29) is 17.1 Å². The molecule has 0 spiro atoms. The highest BCUT2D eigenvalue weighted by molar-refractivity contribution is 7.94. The van der Waals surface area contributed by atoms with Gasteiger partial charge in [-0.3, -0.25) is 9.52 Å². The molecule has 0 fully saturated rings. The number of benzene rings is 1. The summed E-state index contributed by atoms with van der Waals surface area (Å²) < 4.78 is 63.1. The van der Waals surface area contributed by atoms with E-state index in [4.69, 9.17) is 0 Å². The van der Waals surface area contributed by atoms with Gasteiger partial charge in [0.1, 0.15) is 5.82 Å². The standard InChI is InChI=1S/C17H18F3N3O3S/c1-16(2,3)27(25,26)23-13-7-4-11(5-8-13)15(24)22-14-9-6-12(10-21-14)17(18,19)20/h4-10,23H,1-3H3,(H,21,22,24). The first-order valence-corrected chi connectivity index (χ1v) is 9.25. The van der Waals surface area contributed by atoms with E-state index in [0.717, 1.165) is 12.1 Å². The number of carbonyl (C=O) groups excluding carboxylic acids is 1. The number of pyridine rings is 1. The van der Waals surface area contributed by atoms with Crippen LogP contribution in [0.4, 0.5) is 24.7 Å². The van der Waals surface area contributed by atoms with E-state index >= 15 is 0 Å². The summed E-state index contributed by atoms with van der Waals surface area (Å²) in [6.45, 7) is 4.65. The average Bonchev–Trinajstić information content (AvgIpc) is 2.53. The molecule has 0 saturated heterocycles. The van der Waals surface area contributed by atoms with Crippen LogP contribution in [-0.2, 0) is 16.2 Å². The number of sulfonamides is 1. The number of rotatable bonds is 4. The predicted molar refractivity (Wildman–Crippen MR) is 95.9 cm³/mol. The van der Waals surface area contributed by atoms with Crippen LogP contribution in [0.25, 0.3) is 0 Å². The predicted octanol–water partition coefficient (Wildman–Crippen LogP) is 3.89. The number of nitrogens with zero attached hydrogens (tertiary/aromatic N) is 1. The van der Waals surface area contributed by atoms with Crippen LogP contribution in [0.15, 0.2) is 42.6 Å². The van der Waals surface area contributed by atoms with Crippen molar-refractivity contribution in [2.45, 2.75) is 31.7 Å². The molecule has 1 aromatic heterocycles. The number of carbonyl (C=O) groups is 1. The molecule has 1 heterocycles. The number of aromatic nitrogens is 1. The number of hydrogen-bond donors (Lipinski definition) is 2. The Kier molecular flexibility index (Phi) is 5.50. The van der Waals surface area contributed by atoms with E-state index in [1.54, 1.807) is 20.8 Å². The second-order valence-electron chi connectivity index (χ2n) is 6.68. The zero-order chi connectivity index (χ0) is 20.5. The van der Waals surface area contributed by atoms with Crippen LogP contribution in [0.2, 0.25) is 0 Å². The van der Waals surface area contributed by atoms with Gasteiger partial charge in [-0.2, -0.15) is 13.2 Å². The van der Waals surface area contributed by atoms with Crippen LogP contribution in [0.3, 0.4) is 0 Å². The Bertz CT molecular complexity index is 917. The van der Waals surface area contributed by atoms with Gasteiger partial charge in [0.25, 0.3) is 5.91 Å². The maximum atomic E-state index is 12.5. The molecule has 2 N–H and O–H groups in total. The maximum absolute atomic E-state index is 12.5. The lowest BCUT2D eigenvalue weighted by Crippen LogP contribution is -2.33. The lowest BCUT2D eigenvalue weighted by atomic mass is 10.2. The van der Waals surface area contributed by atoms with Crippen molar-refractivity contribution in [3.8, 4) is 0 Å². The SMILES string of the molecule is CC(C)(C)S(=O)(=O)Nc1ccc(C(=O)Nc2ccc(C(F)(F)F)cn2)cc1. The zero-order valence-corrected chi connectivity index (χ0v) is 15.6. The Morgan fingerprint density at radius 2 is 1.59 bits per heavy atom. The van der Waals surface area contributed by atoms with Crippen molar-refractivity contribution in [1.29, 1.82) is 0 Å². The lowest BCUT2D eigenvalue weighted by Gasteiger charge is -2.20. The normalized spacial score (nSPS) is 12.5. The van der Waals surface area contributed by atoms with Gasteiger partial charge >= 0.3 is 6.18 Å². The number of alkyl halides is 3. The van der Waals surface area contributed by atoms with E-state index in [1.165, 1.54) is 24.3 Å². The first-order chi connectivity index (χ1) is 12.3. The highest BCUT2D eigenvalue weighted by Gasteiger charge is 2.31. The molecular formula is C17H18F3N3O3S. The zero-order valence-electron chi connectivity index (χ0n) is 14.8. The van der Waals surface area contributed by atoms with Gasteiger partial charge in [0.15, 0.2) is 0 Å². The molecule has 0 bridgehead atoms. The minimum absolute atomic E-state index is 0.0366. The van der Waals surface area contributed by atoms with Gasteiger partial charge in [0.05, 0.1) is 10.3 Å². The molecule has 0 aliphatic heterocycles.